The van der Waals surface area contributed by atoms with Gasteiger partial charge in [0, 0.05) is 15.5 Å². The molecule has 0 aliphatic carbocycles. The molecular formula is C19H18BrN. The molecule has 21 heavy (non-hydrogen) atoms. The number of para-hydroxylation sites is 1. The lowest BCUT2D eigenvalue weighted by atomic mass is 10.0. The zero-order chi connectivity index (χ0) is 14.7. The summed E-state index contributed by atoms with van der Waals surface area (Å²) >= 11 is 3.62. The van der Waals surface area contributed by atoms with Crippen LogP contribution in [-0.4, -0.2) is 0 Å². The van der Waals surface area contributed by atoms with Crippen LogP contribution in [0.1, 0.15) is 18.9 Å². The van der Waals surface area contributed by atoms with Crippen LogP contribution in [0.3, 0.4) is 0 Å². The molecule has 106 valence electrons. The minimum absolute atomic E-state index is 1.08. The Bertz CT molecular complexity index is 764. The first-order valence-corrected chi connectivity index (χ1v) is 8.11. The van der Waals surface area contributed by atoms with E-state index in [1.807, 2.05) is 6.07 Å². The summed E-state index contributed by atoms with van der Waals surface area (Å²) in [4.78, 5) is 0. The van der Waals surface area contributed by atoms with Crippen molar-refractivity contribution in [2.45, 2.75) is 19.8 Å². The molecule has 0 heterocycles. The molecule has 0 fully saturated rings. The predicted molar refractivity (Wildman–Crippen MR) is 95.4 cm³/mol. The van der Waals surface area contributed by atoms with Gasteiger partial charge in [0.25, 0.3) is 0 Å². The molecule has 1 N–H and O–H groups in total. The highest BCUT2D eigenvalue weighted by Crippen LogP contribution is 2.33. The highest BCUT2D eigenvalue weighted by Gasteiger charge is 2.08. The Morgan fingerprint density at radius 2 is 1.67 bits per heavy atom. The Hall–Kier alpha value is -1.80. The normalized spacial score (nSPS) is 10.8. The van der Waals surface area contributed by atoms with E-state index in [1.165, 1.54) is 22.0 Å². The molecule has 0 saturated heterocycles. The minimum atomic E-state index is 1.08. The molecule has 3 rings (SSSR count). The Kier molecular flexibility index (Phi) is 4.26. The van der Waals surface area contributed by atoms with Gasteiger partial charge in [-0.05, 0) is 45.4 Å². The standard InChI is InChI=1S/C19H18BrN/c1-2-7-15-13-12-14-8-3-4-9-16(14)19(15)21-18-11-6-5-10-17(18)20/h3-6,8-13,21H,2,7H2,1H3. The number of aryl methyl sites for hydroxylation is 1. The summed E-state index contributed by atoms with van der Waals surface area (Å²) in [5.74, 6) is 0. The van der Waals surface area contributed by atoms with Gasteiger partial charge in [-0.1, -0.05) is 61.9 Å². The molecule has 0 amide bonds. The van der Waals surface area contributed by atoms with Gasteiger partial charge in [-0.2, -0.15) is 0 Å². The highest BCUT2D eigenvalue weighted by molar-refractivity contribution is 9.10. The number of fused-ring (bicyclic) bond motifs is 1. The zero-order valence-corrected chi connectivity index (χ0v) is 13.7. The first-order valence-electron chi connectivity index (χ1n) is 7.32. The summed E-state index contributed by atoms with van der Waals surface area (Å²) in [6.45, 7) is 2.22. The van der Waals surface area contributed by atoms with Gasteiger partial charge < -0.3 is 5.32 Å². The van der Waals surface area contributed by atoms with Crippen molar-refractivity contribution < 1.29 is 0 Å². The number of halogens is 1. The fourth-order valence-electron chi connectivity index (χ4n) is 2.64. The van der Waals surface area contributed by atoms with Crippen LogP contribution in [0.4, 0.5) is 11.4 Å². The van der Waals surface area contributed by atoms with E-state index >= 15 is 0 Å². The van der Waals surface area contributed by atoms with Gasteiger partial charge in [0.1, 0.15) is 0 Å². The lowest BCUT2D eigenvalue weighted by Gasteiger charge is -2.16. The van der Waals surface area contributed by atoms with Crippen LogP contribution < -0.4 is 5.32 Å². The molecule has 0 unspecified atom stereocenters. The summed E-state index contributed by atoms with van der Waals surface area (Å²) in [5, 5.41) is 6.17. The highest BCUT2D eigenvalue weighted by atomic mass is 79.9. The Labute approximate surface area is 134 Å². The molecule has 0 aliphatic rings. The first kappa shape index (κ1) is 14.2. The summed E-state index contributed by atoms with van der Waals surface area (Å²) in [6.07, 6.45) is 2.22. The van der Waals surface area contributed by atoms with Gasteiger partial charge in [0.05, 0.1) is 5.69 Å². The monoisotopic (exact) mass is 339 g/mol. The van der Waals surface area contributed by atoms with E-state index in [9.17, 15) is 0 Å². The second-order valence-corrected chi connectivity index (χ2v) is 6.03. The van der Waals surface area contributed by atoms with Crippen molar-refractivity contribution in [3.05, 3.63) is 70.7 Å². The molecule has 3 aromatic carbocycles. The van der Waals surface area contributed by atoms with Crippen LogP contribution >= 0.6 is 15.9 Å². The molecular weight excluding hydrogens is 322 g/mol. The first-order chi connectivity index (χ1) is 10.3. The van der Waals surface area contributed by atoms with E-state index in [1.54, 1.807) is 0 Å². The third-order valence-electron chi connectivity index (χ3n) is 3.67. The molecule has 1 nitrogen and oxygen atoms in total. The van der Waals surface area contributed by atoms with E-state index in [0.29, 0.717) is 0 Å². The lowest BCUT2D eigenvalue weighted by molar-refractivity contribution is 0.925. The van der Waals surface area contributed by atoms with E-state index in [-0.39, 0.29) is 0 Å². The van der Waals surface area contributed by atoms with Crippen molar-refractivity contribution in [1.29, 1.82) is 0 Å². The number of nitrogens with one attached hydrogen (secondary N) is 1. The fraction of sp³-hybridized carbons (Fsp3) is 0.158. The predicted octanol–water partition coefficient (Wildman–Crippen LogP) is 6.30. The maximum atomic E-state index is 3.62. The maximum Gasteiger partial charge on any atom is 0.0528 e. The van der Waals surface area contributed by atoms with E-state index in [0.717, 1.165) is 23.0 Å². The quantitative estimate of drug-likeness (QED) is 0.588. The van der Waals surface area contributed by atoms with Gasteiger partial charge in [0.2, 0.25) is 0 Å². The molecule has 0 atom stereocenters. The molecule has 0 bridgehead atoms. The number of hydrogen-bond donors (Lipinski definition) is 1. The lowest BCUT2D eigenvalue weighted by Crippen LogP contribution is -1.98. The van der Waals surface area contributed by atoms with Crippen molar-refractivity contribution >= 4 is 38.1 Å². The minimum Gasteiger partial charge on any atom is -0.354 e. The number of benzene rings is 3. The molecule has 0 aliphatic heterocycles. The topological polar surface area (TPSA) is 12.0 Å². The molecule has 2 heteroatoms. The zero-order valence-electron chi connectivity index (χ0n) is 12.1. The molecule has 0 aromatic heterocycles. The SMILES string of the molecule is CCCc1ccc2ccccc2c1Nc1ccccc1Br. The van der Waals surface area contributed by atoms with Crippen molar-refractivity contribution in [2.24, 2.45) is 0 Å². The van der Waals surface area contributed by atoms with E-state index < -0.39 is 0 Å². The molecule has 0 saturated carbocycles. The average Bonchev–Trinajstić information content (AvgIpc) is 2.52. The van der Waals surface area contributed by atoms with Crippen LogP contribution in [-0.2, 0) is 6.42 Å². The van der Waals surface area contributed by atoms with Crippen LogP contribution in [0.15, 0.2) is 65.1 Å². The Morgan fingerprint density at radius 3 is 2.48 bits per heavy atom. The van der Waals surface area contributed by atoms with Crippen molar-refractivity contribution in [2.75, 3.05) is 5.32 Å². The Balaban J connectivity index is 2.14. The van der Waals surface area contributed by atoms with Gasteiger partial charge in [-0.25, -0.2) is 0 Å². The maximum absolute atomic E-state index is 3.62. The van der Waals surface area contributed by atoms with Gasteiger partial charge in [-0.3, -0.25) is 0 Å². The summed E-state index contributed by atoms with van der Waals surface area (Å²) in [7, 11) is 0. The summed E-state index contributed by atoms with van der Waals surface area (Å²) in [5.41, 5.74) is 3.69. The van der Waals surface area contributed by atoms with Gasteiger partial charge in [-0.15, -0.1) is 0 Å². The average molecular weight is 340 g/mol. The van der Waals surface area contributed by atoms with Crippen molar-refractivity contribution in [3.8, 4) is 0 Å². The molecule has 0 spiro atoms. The van der Waals surface area contributed by atoms with Crippen molar-refractivity contribution in [1.82, 2.24) is 0 Å². The number of hydrogen-bond acceptors (Lipinski definition) is 1. The summed E-state index contributed by atoms with van der Waals surface area (Å²) < 4.78 is 1.08. The third kappa shape index (κ3) is 2.96. The fourth-order valence-corrected chi connectivity index (χ4v) is 3.02. The summed E-state index contributed by atoms with van der Waals surface area (Å²) in [6, 6.07) is 21.2. The smallest absolute Gasteiger partial charge is 0.0528 e. The van der Waals surface area contributed by atoms with Crippen LogP contribution in [0.2, 0.25) is 0 Å². The second kappa shape index (κ2) is 6.31. The van der Waals surface area contributed by atoms with Crippen LogP contribution in [0.25, 0.3) is 10.8 Å². The Morgan fingerprint density at radius 1 is 0.905 bits per heavy atom. The van der Waals surface area contributed by atoms with E-state index in [2.05, 4.69) is 82.8 Å². The third-order valence-corrected chi connectivity index (χ3v) is 4.36. The molecule has 0 radical (unpaired) electrons. The number of anilines is 2. The van der Waals surface area contributed by atoms with Gasteiger partial charge in [0.15, 0.2) is 0 Å². The van der Waals surface area contributed by atoms with Crippen molar-refractivity contribution in [3.63, 3.8) is 0 Å². The van der Waals surface area contributed by atoms with E-state index in [4.69, 9.17) is 0 Å². The molecule has 3 aromatic rings. The largest absolute Gasteiger partial charge is 0.354 e. The van der Waals surface area contributed by atoms with Crippen LogP contribution in [0, 0.1) is 0 Å². The second-order valence-electron chi connectivity index (χ2n) is 5.18. The van der Waals surface area contributed by atoms with Gasteiger partial charge >= 0.3 is 0 Å². The van der Waals surface area contributed by atoms with Crippen LogP contribution in [0.5, 0.6) is 0 Å². The number of rotatable bonds is 4.